The van der Waals surface area contributed by atoms with Crippen LogP contribution in [0, 0.1) is 0 Å². The molecule has 142 heavy (non-hydrogen) atoms. The van der Waals surface area contributed by atoms with Crippen LogP contribution in [0.4, 0.5) is 0 Å². The van der Waals surface area contributed by atoms with Crippen molar-refractivity contribution in [3.05, 3.63) is 469 Å². The van der Waals surface area contributed by atoms with Gasteiger partial charge in [0.15, 0.2) is 0 Å². The lowest BCUT2D eigenvalue weighted by molar-refractivity contribution is 0.668. The van der Waals surface area contributed by atoms with Gasteiger partial charge in [0.1, 0.15) is 33.5 Å². The van der Waals surface area contributed by atoms with E-state index >= 15 is 0 Å². The van der Waals surface area contributed by atoms with Gasteiger partial charge >= 0.3 is 0 Å². The molecular formula is C126H75Br3N10O3. The fourth-order valence-electron chi connectivity index (χ4n) is 18.8. The van der Waals surface area contributed by atoms with Gasteiger partial charge in [0, 0.05) is 156 Å². The summed E-state index contributed by atoms with van der Waals surface area (Å²) in [5.74, 6) is 0. The Balaban J connectivity index is 0.000000101. The molecule has 0 fully saturated rings. The van der Waals surface area contributed by atoms with Gasteiger partial charge in [0.05, 0.1) is 101 Å². The van der Waals surface area contributed by atoms with Gasteiger partial charge in [-0.1, -0.05) is 321 Å². The van der Waals surface area contributed by atoms with Crippen molar-refractivity contribution in [3.8, 4) is 90.1 Å². The minimum absolute atomic E-state index is 0.830. The average Bonchev–Trinajstić information content (AvgIpc) is 1.60. The van der Waals surface area contributed by atoms with E-state index in [2.05, 4.69) is 343 Å². The molecule has 0 saturated carbocycles. The normalized spacial score (nSPS) is 11.5. The molecule has 13 nitrogen and oxygen atoms in total. The van der Waals surface area contributed by atoms with Crippen molar-refractivity contribution in [3.63, 3.8) is 0 Å². The van der Waals surface area contributed by atoms with Crippen molar-refractivity contribution < 1.29 is 13.3 Å². The molecule has 0 saturated heterocycles. The van der Waals surface area contributed by atoms with E-state index in [0.29, 0.717) is 0 Å². The highest BCUT2D eigenvalue weighted by molar-refractivity contribution is 9.11. The topological polar surface area (TPSA) is 168 Å². The van der Waals surface area contributed by atoms with Gasteiger partial charge in [-0.05, 0) is 170 Å². The van der Waals surface area contributed by atoms with Crippen molar-refractivity contribution in [1.29, 1.82) is 0 Å². The number of hydrogen-bond donors (Lipinski definition) is 0. The first-order chi connectivity index (χ1) is 70.0. The van der Waals surface area contributed by atoms with Gasteiger partial charge < -0.3 is 13.3 Å². The Bertz CT molecular complexity index is 9590. The number of hydrogen-bond acceptors (Lipinski definition) is 13. The van der Waals surface area contributed by atoms with Gasteiger partial charge in [-0.15, -0.1) is 0 Å². The van der Waals surface area contributed by atoms with E-state index < -0.39 is 0 Å². The minimum Gasteiger partial charge on any atom is -0.456 e. The summed E-state index contributed by atoms with van der Waals surface area (Å²) in [7, 11) is 0. The van der Waals surface area contributed by atoms with Crippen LogP contribution in [0.5, 0.6) is 0 Å². The molecule has 0 N–H and O–H groups in total. The summed E-state index contributed by atoms with van der Waals surface area (Å²) < 4.78 is 21.3. The molecule has 0 aliphatic carbocycles. The zero-order valence-corrected chi connectivity index (χ0v) is 80.4. The number of nitrogens with zero attached hydrogens (tertiary/aromatic N) is 10. The summed E-state index contributed by atoms with van der Waals surface area (Å²) in [5, 5.41) is 17.4. The second kappa shape index (κ2) is 37.1. The highest BCUT2D eigenvalue weighted by atomic mass is 79.9. The van der Waals surface area contributed by atoms with Gasteiger partial charge in [-0.2, -0.15) is 0 Å². The zero-order chi connectivity index (χ0) is 94.7. The van der Waals surface area contributed by atoms with E-state index in [1.54, 1.807) is 0 Å². The Morgan fingerprint density at radius 2 is 0.317 bits per heavy atom. The minimum atomic E-state index is 0.830. The number of aromatic nitrogens is 10. The monoisotopic (exact) mass is 2010 g/mol. The number of fused-ring (bicyclic) bond motifs is 24. The van der Waals surface area contributed by atoms with E-state index in [9.17, 15) is 0 Å². The lowest BCUT2D eigenvalue weighted by Gasteiger charge is -2.09. The first-order valence-electron chi connectivity index (χ1n) is 46.6. The fraction of sp³-hybridized carbons (Fsp3) is 0. The molecule has 29 aromatic rings. The van der Waals surface area contributed by atoms with Crippen LogP contribution in [0.15, 0.2) is 482 Å². The number of benzene rings is 16. The van der Waals surface area contributed by atoms with E-state index in [4.69, 9.17) is 53.1 Å². The fourth-order valence-corrected chi connectivity index (χ4v) is 19.9. The second-order valence-corrected chi connectivity index (χ2v) is 37.6. The van der Waals surface area contributed by atoms with Crippen molar-refractivity contribution in [2.24, 2.45) is 0 Å². The molecule has 16 heteroatoms. The van der Waals surface area contributed by atoms with Crippen LogP contribution in [0.1, 0.15) is 0 Å². The lowest BCUT2D eigenvalue weighted by atomic mass is 10.0. The Hall–Kier alpha value is -17.5. The van der Waals surface area contributed by atoms with Crippen LogP contribution in [0.3, 0.4) is 0 Å². The molecule has 0 bridgehead atoms. The molecule has 0 atom stereocenters. The standard InChI is InChI=1S/C48H28N4O.C30H17BrN2O.2C18H12N2.C12H6Br2O/c1-3-7-29(8-4-1)39-21-15-31-11-13-33-17-23-41(51-47(33)45(31)49-39)35-19-25-43-37(27-35)38-28-36(20-26-44(38)53-43)42-24-18-34-14-12-32-16-22-40(30-9-5-2-6-10-30)50-46(32)48(34)52-42;31-22-11-15-28-24(17-22)23-16-21(10-14-27(23)34-28)26-13-9-20-7-6-19-8-12-25(18-4-2-1-3-5-18)32-29(19)30(20)33-26;2*1-2-5-13(6-3-1)16-11-10-15-9-8-14-7-4-12-19-17(14)18(15)20-16;13-7-1-3-11-9(5-7)10-6-8(14)2-4-12(10)15-11/h1-28H;1-17H;2*1-12H;1-6H. The number of pyridine rings is 10. The van der Waals surface area contributed by atoms with Crippen LogP contribution in [0.25, 0.3) is 265 Å². The maximum atomic E-state index is 6.34. The Morgan fingerprint density at radius 1 is 0.141 bits per heavy atom. The van der Waals surface area contributed by atoms with Crippen LogP contribution in [-0.4, -0.2) is 49.8 Å². The Labute approximate surface area is 837 Å². The van der Waals surface area contributed by atoms with E-state index in [1.165, 1.54) is 0 Å². The SMILES string of the molecule is Brc1ccc2oc3ccc(-c4ccc5ccc6ccc(-c7ccccc7)nc6c5n4)cc3c2c1.Brc1ccc2oc3ccc(Br)cc3c2c1.c1ccc(-c2ccc3ccc4ccc(-c5ccc6oc7ccc(-c8ccc9ccc%10ccc(-c%11ccccc%11)nc%10c9n8)cc7c6c5)nc4c3n2)cc1.c1ccc(-c2ccc3ccc4cccnc4c3n2)cc1.c1ccc(-c2ccc3ccc4cccnc4c3n2)cc1. The summed E-state index contributed by atoms with van der Waals surface area (Å²) in [6, 6.07) is 151. The van der Waals surface area contributed by atoms with Crippen LogP contribution >= 0.6 is 47.8 Å². The Kier molecular flexibility index (Phi) is 22.5. The van der Waals surface area contributed by atoms with Crippen LogP contribution < -0.4 is 0 Å². The third-order valence-corrected chi connectivity index (χ3v) is 27.4. The largest absolute Gasteiger partial charge is 0.456 e. The van der Waals surface area contributed by atoms with Gasteiger partial charge in [0.2, 0.25) is 0 Å². The molecule has 16 aromatic carbocycles. The Morgan fingerprint density at radius 3 is 0.535 bits per heavy atom. The first kappa shape index (κ1) is 86.1. The quantitative estimate of drug-likeness (QED) is 0.132. The van der Waals surface area contributed by atoms with Crippen LogP contribution in [-0.2, 0) is 0 Å². The van der Waals surface area contributed by atoms with E-state index in [0.717, 1.165) is 278 Å². The molecule has 0 aliphatic heterocycles. The summed E-state index contributed by atoms with van der Waals surface area (Å²) in [4.78, 5) is 49.3. The molecule has 0 unspecified atom stereocenters. The summed E-state index contributed by atoms with van der Waals surface area (Å²) >= 11 is 10.5. The molecule has 13 heterocycles. The molecule has 668 valence electrons. The van der Waals surface area contributed by atoms with Gasteiger partial charge in [-0.3, -0.25) is 9.97 Å². The average molecular weight is 2020 g/mol. The van der Waals surface area contributed by atoms with E-state index in [-0.39, 0.29) is 0 Å². The summed E-state index contributed by atoms with van der Waals surface area (Å²) in [5.41, 5.74) is 30.6. The predicted molar refractivity (Wildman–Crippen MR) is 594 cm³/mol. The van der Waals surface area contributed by atoms with Crippen molar-refractivity contribution in [2.75, 3.05) is 0 Å². The maximum Gasteiger partial charge on any atom is 0.135 e. The third kappa shape index (κ3) is 16.8. The maximum absolute atomic E-state index is 6.34. The third-order valence-electron chi connectivity index (χ3n) is 26.0. The summed E-state index contributed by atoms with van der Waals surface area (Å²) in [6.07, 6.45) is 3.64. The predicted octanol–water partition coefficient (Wildman–Crippen LogP) is 35.2. The molecule has 0 radical (unpaired) electrons. The number of halogens is 3. The molecule has 0 aliphatic rings. The second-order valence-electron chi connectivity index (χ2n) is 34.8. The summed E-state index contributed by atoms with van der Waals surface area (Å²) in [6.45, 7) is 0. The highest BCUT2D eigenvalue weighted by Crippen LogP contribution is 2.42. The van der Waals surface area contributed by atoms with E-state index in [1.807, 2.05) is 170 Å². The van der Waals surface area contributed by atoms with Gasteiger partial charge in [-0.25, -0.2) is 39.9 Å². The highest BCUT2D eigenvalue weighted by Gasteiger charge is 2.20. The molecule has 0 amide bonds. The molecule has 0 spiro atoms. The van der Waals surface area contributed by atoms with Crippen molar-refractivity contribution in [1.82, 2.24) is 49.8 Å². The van der Waals surface area contributed by atoms with Crippen LogP contribution in [0.2, 0.25) is 0 Å². The number of rotatable bonds is 8. The molecule has 29 rings (SSSR count). The number of furan rings is 3. The van der Waals surface area contributed by atoms with Gasteiger partial charge in [0.25, 0.3) is 0 Å². The lowest BCUT2D eigenvalue weighted by Crippen LogP contribution is -1.91. The van der Waals surface area contributed by atoms with Crippen molar-refractivity contribution >= 4 is 223 Å². The molecule has 13 aromatic heterocycles. The zero-order valence-electron chi connectivity index (χ0n) is 75.6. The van der Waals surface area contributed by atoms with Crippen molar-refractivity contribution in [2.45, 2.75) is 0 Å². The first-order valence-corrected chi connectivity index (χ1v) is 48.9. The smallest absolute Gasteiger partial charge is 0.135 e. The molecular weight excluding hydrogens is 1940 g/mol.